The van der Waals surface area contributed by atoms with E-state index in [1.54, 1.807) is 20.2 Å². The van der Waals surface area contributed by atoms with Gasteiger partial charge in [0.15, 0.2) is 0 Å². The summed E-state index contributed by atoms with van der Waals surface area (Å²) in [4.78, 5) is 11.1. The molecule has 0 saturated carbocycles. The first-order valence-corrected chi connectivity index (χ1v) is 5.79. The number of hydrogen-bond acceptors (Lipinski definition) is 7. The van der Waals surface area contributed by atoms with Gasteiger partial charge >= 0.3 is 0 Å². The van der Waals surface area contributed by atoms with E-state index < -0.39 is 4.92 Å². The van der Waals surface area contributed by atoms with Gasteiger partial charge in [0.05, 0.1) is 4.92 Å². The third kappa shape index (κ3) is 2.56. The van der Waals surface area contributed by atoms with Gasteiger partial charge in [0.1, 0.15) is 0 Å². The molecular weight excluding hydrogens is 256 g/mol. The van der Waals surface area contributed by atoms with E-state index in [4.69, 9.17) is 0 Å². The number of rotatable bonds is 4. The third-order valence-electron chi connectivity index (χ3n) is 2.18. The Balaban J connectivity index is 2.35. The number of nitrogens with zero attached hydrogens (tertiary/aromatic N) is 5. The van der Waals surface area contributed by atoms with Crippen LogP contribution in [0.15, 0.2) is 28.3 Å². The quantitative estimate of drug-likeness (QED) is 0.658. The maximum absolute atomic E-state index is 10.8. The smallest absolute Gasteiger partial charge is 0.272 e. The van der Waals surface area contributed by atoms with Crippen LogP contribution in [0.2, 0.25) is 0 Å². The van der Waals surface area contributed by atoms with Crippen LogP contribution >= 0.6 is 11.8 Å². The van der Waals surface area contributed by atoms with E-state index in [9.17, 15) is 10.1 Å². The van der Waals surface area contributed by atoms with Crippen LogP contribution in [0, 0.1) is 10.1 Å². The molecule has 2 aromatic rings. The van der Waals surface area contributed by atoms with Crippen LogP contribution in [-0.4, -0.2) is 32.2 Å². The highest BCUT2D eigenvalue weighted by atomic mass is 32.2. The minimum absolute atomic E-state index is 0.0273. The number of nitro groups is 1. The number of anilines is 1. The first-order valence-electron chi connectivity index (χ1n) is 4.97. The van der Waals surface area contributed by atoms with Crippen molar-refractivity contribution in [1.29, 1.82) is 0 Å². The summed E-state index contributed by atoms with van der Waals surface area (Å²) < 4.78 is 1.50. The van der Waals surface area contributed by atoms with Crippen molar-refractivity contribution in [2.75, 3.05) is 12.4 Å². The number of tetrazole rings is 1. The monoisotopic (exact) mass is 266 g/mol. The van der Waals surface area contributed by atoms with Gasteiger partial charge in [0.25, 0.3) is 5.69 Å². The van der Waals surface area contributed by atoms with Gasteiger partial charge in [-0.2, -0.15) is 0 Å². The highest BCUT2D eigenvalue weighted by Gasteiger charge is 2.12. The van der Waals surface area contributed by atoms with Crippen molar-refractivity contribution >= 4 is 23.1 Å². The van der Waals surface area contributed by atoms with Gasteiger partial charge in [-0.1, -0.05) is 0 Å². The van der Waals surface area contributed by atoms with Gasteiger partial charge in [0.2, 0.25) is 5.16 Å². The van der Waals surface area contributed by atoms with E-state index in [1.807, 2.05) is 0 Å². The summed E-state index contributed by atoms with van der Waals surface area (Å²) in [6.45, 7) is 0. The van der Waals surface area contributed by atoms with Gasteiger partial charge in [0, 0.05) is 36.8 Å². The van der Waals surface area contributed by atoms with Crippen molar-refractivity contribution < 1.29 is 4.92 Å². The molecule has 0 saturated heterocycles. The van der Waals surface area contributed by atoms with Crippen molar-refractivity contribution in [2.24, 2.45) is 7.05 Å². The molecule has 0 radical (unpaired) electrons. The minimum Gasteiger partial charge on any atom is -0.388 e. The number of nitro benzene ring substituents is 1. The number of nitrogens with one attached hydrogen (secondary N) is 1. The minimum atomic E-state index is -0.431. The molecule has 0 spiro atoms. The molecule has 0 aliphatic rings. The van der Waals surface area contributed by atoms with Crippen LogP contribution in [0.3, 0.4) is 0 Å². The maximum atomic E-state index is 10.8. The molecule has 2 rings (SSSR count). The summed E-state index contributed by atoms with van der Waals surface area (Å²) in [7, 11) is 3.41. The van der Waals surface area contributed by atoms with Crippen LogP contribution in [0.4, 0.5) is 11.4 Å². The molecule has 9 heteroatoms. The van der Waals surface area contributed by atoms with Crippen LogP contribution in [-0.2, 0) is 7.05 Å². The molecule has 0 atom stereocenters. The molecule has 1 heterocycles. The fraction of sp³-hybridized carbons (Fsp3) is 0.222. The maximum Gasteiger partial charge on any atom is 0.272 e. The molecule has 18 heavy (non-hydrogen) atoms. The molecule has 0 fully saturated rings. The molecule has 0 unspecified atom stereocenters. The normalized spacial score (nSPS) is 10.3. The zero-order valence-electron chi connectivity index (χ0n) is 9.69. The van der Waals surface area contributed by atoms with E-state index in [-0.39, 0.29) is 5.69 Å². The van der Waals surface area contributed by atoms with Gasteiger partial charge in [-0.15, -0.1) is 5.10 Å². The summed E-state index contributed by atoms with van der Waals surface area (Å²) in [5.41, 5.74) is 0.696. The van der Waals surface area contributed by atoms with Crippen molar-refractivity contribution in [3.63, 3.8) is 0 Å². The summed E-state index contributed by atoms with van der Waals surface area (Å²) in [6, 6.07) is 4.76. The fourth-order valence-electron chi connectivity index (χ4n) is 1.31. The lowest BCUT2D eigenvalue weighted by molar-refractivity contribution is -0.385. The Morgan fingerprint density at radius 2 is 2.22 bits per heavy atom. The number of non-ortho nitro benzene ring substituents is 1. The number of benzene rings is 1. The Bertz CT molecular complexity index is 584. The largest absolute Gasteiger partial charge is 0.388 e. The lowest BCUT2D eigenvalue weighted by atomic mass is 10.3. The predicted molar refractivity (Wildman–Crippen MR) is 65.6 cm³/mol. The van der Waals surface area contributed by atoms with Crippen LogP contribution in [0.5, 0.6) is 0 Å². The zero-order chi connectivity index (χ0) is 13.1. The van der Waals surface area contributed by atoms with Gasteiger partial charge in [-0.25, -0.2) is 4.68 Å². The Hall–Kier alpha value is -2.16. The van der Waals surface area contributed by atoms with E-state index in [2.05, 4.69) is 20.8 Å². The SMILES string of the molecule is CNc1cc(Sc2nnnn2C)cc([N+](=O)[O-])c1. The lowest BCUT2D eigenvalue weighted by Crippen LogP contribution is -1.95. The summed E-state index contributed by atoms with van der Waals surface area (Å²) in [5, 5.41) is 25.3. The average molecular weight is 266 g/mol. The molecular formula is C9H10N6O2S. The first kappa shape index (κ1) is 12.3. The fourth-order valence-corrected chi connectivity index (χ4v) is 2.13. The van der Waals surface area contributed by atoms with Gasteiger partial charge < -0.3 is 5.32 Å². The second-order valence-corrected chi connectivity index (χ2v) is 4.45. The molecule has 0 bridgehead atoms. The first-order chi connectivity index (χ1) is 8.60. The number of aryl methyl sites for hydroxylation is 1. The van der Waals surface area contributed by atoms with Gasteiger partial charge in [-0.3, -0.25) is 10.1 Å². The van der Waals surface area contributed by atoms with Crippen molar-refractivity contribution in [1.82, 2.24) is 20.2 Å². The summed E-state index contributed by atoms with van der Waals surface area (Å²) in [5.74, 6) is 0. The van der Waals surface area contributed by atoms with Crippen molar-refractivity contribution in [3.8, 4) is 0 Å². The van der Waals surface area contributed by atoms with E-state index in [1.165, 1.54) is 28.6 Å². The molecule has 94 valence electrons. The lowest BCUT2D eigenvalue weighted by Gasteiger charge is -2.04. The number of hydrogen-bond donors (Lipinski definition) is 1. The summed E-state index contributed by atoms with van der Waals surface area (Å²) >= 11 is 1.26. The van der Waals surface area contributed by atoms with Crippen LogP contribution < -0.4 is 5.32 Å². The molecule has 8 nitrogen and oxygen atoms in total. The summed E-state index contributed by atoms with van der Waals surface area (Å²) in [6.07, 6.45) is 0. The molecule has 0 amide bonds. The standard InChI is InChI=1S/C9H10N6O2S/c1-10-6-3-7(15(16)17)5-8(4-6)18-9-11-12-13-14(9)2/h3-5,10H,1-2H3. The van der Waals surface area contributed by atoms with Gasteiger partial charge in [-0.05, 0) is 28.3 Å². The average Bonchev–Trinajstić information content (AvgIpc) is 2.74. The Kier molecular flexibility index (Phi) is 3.42. The zero-order valence-corrected chi connectivity index (χ0v) is 10.5. The molecule has 1 aromatic heterocycles. The second-order valence-electron chi connectivity index (χ2n) is 3.41. The Labute approximate surface area is 107 Å². The molecule has 0 aliphatic heterocycles. The molecule has 1 N–H and O–H groups in total. The second kappa shape index (κ2) is 5.00. The van der Waals surface area contributed by atoms with E-state index in [0.717, 1.165) is 0 Å². The van der Waals surface area contributed by atoms with E-state index in [0.29, 0.717) is 15.7 Å². The predicted octanol–water partition coefficient (Wildman–Crippen LogP) is 1.31. The molecule has 1 aromatic carbocycles. The van der Waals surface area contributed by atoms with Crippen LogP contribution in [0.1, 0.15) is 0 Å². The topological polar surface area (TPSA) is 98.8 Å². The Morgan fingerprint density at radius 3 is 2.78 bits per heavy atom. The van der Waals surface area contributed by atoms with Crippen LogP contribution in [0.25, 0.3) is 0 Å². The highest BCUT2D eigenvalue weighted by Crippen LogP contribution is 2.31. The Morgan fingerprint density at radius 1 is 1.44 bits per heavy atom. The number of aromatic nitrogens is 4. The van der Waals surface area contributed by atoms with Crippen molar-refractivity contribution in [2.45, 2.75) is 10.1 Å². The highest BCUT2D eigenvalue weighted by molar-refractivity contribution is 7.99. The third-order valence-corrected chi connectivity index (χ3v) is 3.18. The van der Waals surface area contributed by atoms with E-state index >= 15 is 0 Å². The molecule has 0 aliphatic carbocycles. The van der Waals surface area contributed by atoms with Crippen molar-refractivity contribution in [3.05, 3.63) is 28.3 Å².